The number of carbonyl (C=O) groups excluding carboxylic acids is 2. The van der Waals surface area contributed by atoms with Crippen molar-refractivity contribution < 1.29 is 14.3 Å². The molecule has 1 aliphatic carbocycles. The minimum absolute atomic E-state index is 0.226. The van der Waals surface area contributed by atoms with Crippen LogP contribution in [0.4, 0.5) is 9.80 Å². The van der Waals surface area contributed by atoms with Gasteiger partial charge in [0.15, 0.2) is 0 Å². The Morgan fingerprint density at radius 1 is 1.48 bits per heavy atom. The van der Waals surface area contributed by atoms with Crippen LogP contribution in [0.3, 0.4) is 0 Å². The van der Waals surface area contributed by atoms with Gasteiger partial charge in [-0.1, -0.05) is 0 Å². The number of nitrogens with one attached hydrogen (secondary N) is 1. The summed E-state index contributed by atoms with van der Waals surface area (Å²) >= 11 is 3.02. The molecule has 0 saturated carbocycles. The van der Waals surface area contributed by atoms with E-state index in [1.165, 1.54) is 22.3 Å². The molecule has 0 aliphatic heterocycles. The first-order chi connectivity index (χ1) is 14.0. The summed E-state index contributed by atoms with van der Waals surface area (Å²) in [5.74, 6) is -0.0247. The van der Waals surface area contributed by atoms with Crippen molar-refractivity contribution in [3.05, 3.63) is 44.5 Å². The highest BCUT2D eigenvalue weighted by molar-refractivity contribution is 7.16. The highest BCUT2D eigenvalue weighted by Gasteiger charge is 2.27. The Labute approximate surface area is 178 Å². The van der Waals surface area contributed by atoms with Crippen LogP contribution in [0.15, 0.2) is 22.9 Å². The molecule has 1 unspecified atom stereocenters. The topological polar surface area (TPSA) is 82.4 Å². The van der Waals surface area contributed by atoms with Crippen molar-refractivity contribution >= 4 is 45.8 Å². The summed E-state index contributed by atoms with van der Waals surface area (Å²) in [5.41, 5.74) is 2.55. The molecule has 1 aliphatic rings. The summed E-state index contributed by atoms with van der Waals surface area (Å²) in [6.45, 7) is 2.87. The molecule has 3 rings (SSSR count). The van der Waals surface area contributed by atoms with Crippen LogP contribution in [-0.4, -0.2) is 37.1 Å². The minimum Gasteiger partial charge on any atom is -0.449 e. The van der Waals surface area contributed by atoms with E-state index in [-0.39, 0.29) is 17.9 Å². The summed E-state index contributed by atoms with van der Waals surface area (Å²) in [5, 5.41) is 17.0. The molecule has 2 aromatic rings. The summed E-state index contributed by atoms with van der Waals surface area (Å²) < 4.78 is 5.39. The van der Waals surface area contributed by atoms with Gasteiger partial charge in [0, 0.05) is 24.5 Å². The lowest BCUT2D eigenvalue weighted by molar-refractivity contribution is -0.111. The second-order valence-corrected chi connectivity index (χ2v) is 8.78. The second kappa shape index (κ2) is 9.72. The lowest BCUT2D eigenvalue weighted by Gasteiger charge is -2.23. The summed E-state index contributed by atoms with van der Waals surface area (Å²) in [6.07, 6.45) is 5.27. The van der Waals surface area contributed by atoms with Gasteiger partial charge in [0.25, 0.3) is 0 Å². The fraction of sp³-hybridized carbons (Fsp3) is 0.381. The van der Waals surface area contributed by atoms with Crippen molar-refractivity contribution in [2.45, 2.75) is 26.2 Å². The molecule has 0 bridgehead atoms. The smallest absolute Gasteiger partial charge is 0.409 e. The summed E-state index contributed by atoms with van der Waals surface area (Å²) in [6, 6.07) is 4.18. The molecular formula is C21H23N3O3S2. The molecular weight excluding hydrogens is 406 g/mol. The number of carbonyl (C=O) groups is 2. The first-order valence-corrected chi connectivity index (χ1v) is 11.2. The van der Waals surface area contributed by atoms with Gasteiger partial charge in [-0.05, 0) is 66.1 Å². The van der Waals surface area contributed by atoms with E-state index in [0.29, 0.717) is 23.7 Å². The molecule has 2 amide bonds. The lowest BCUT2D eigenvalue weighted by Crippen LogP contribution is -2.29. The van der Waals surface area contributed by atoms with Crippen LogP contribution in [0, 0.1) is 17.2 Å². The molecule has 2 aromatic heterocycles. The largest absolute Gasteiger partial charge is 0.449 e. The van der Waals surface area contributed by atoms with Crippen molar-refractivity contribution in [1.82, 2.24) is 4.90 Å². The number of nitrogens with zero attached hydrogens (tertiary/aromatic N) is 2. The van der Waals surface area contributed by atoms with Gasteiger partial charge in [-0.3, -0.25) is 4.79 Å². The maximum absolute atomic E-state index is 12.3. The molecule has 0 spiro atoms. The first kappa shape index (κ1) is 21.1. The number of rotatable bonds is 6. The second-order valence-electron chi connectivity index (χ2n) is 6.90. The maximum Gasteiger partial charge on any atom is 0.409 e. The SMILES string of the molecule is CCN(C)C(=O)OCC1CCc2c(sc(NC(=O)C=Cc3ccsc3)c2C#N)C1. The van der Waals surface area contributed by atoms with Crippen LogP contribution in [0.2, 0.25) is 0 Å². The molecule has 0 aromatic carbocycles. The van der Waals surface area contributed by atoms with Crippen LogP contribution in [0.5, 0.6) is 0 Å². The van der Waals surface area contributed by atoms with Gasteiger partial charge in [-0.25, -0.2) is 4.79 Å². The zero-order valence-electron chi connectivity index (χ0n) is 16.4. The number of hydrogen-bond acceptors (Lipinski definition) is 6. The molecule has 8 heteroatoms. The fourth-order valence-electron chi connectivity index (χ4n) is 3.13. The van der Waals surface area contributed by atoms with Crippen molar-refractivity contribution in [2.75, 3.05) is 25.5 Å². The van der Waals surface area contributed by atoms with E-state index in [1.807, 2.05) is 23.8 Å². The molecule has 0 saturated heterocycles. The Balaban J connectivity index is 1.64. The van der Waals surface area contributed by atoms with Gasteiger partial charge in [0.2, 0.25) is 5.91 Å². The maximum atomic E-state index is 12.3. The van der Waals surface area contributed by atoms with Gasteiger partial charge in [0.1, 0.15) is 11.1 Å². The third kappa shape index (κ3) is 5.25. The van der Waals surface area contributed by atoms with Crippen LogP contribution in [-0.2, 0) is 22.4 Å². The molecule has 152 valence electrons. The normalized spacial score (nSPS) is 15.6. The predicted molar refractivity (Wildman–Crippen MR) is 116 cm³/mol. The van der Waals surface area contributed by atoms with Gasteiger partial charge < -0.3 is 15.0 Å². The molecule has 2 heterocycles. The monoisotopic (exact) mass is 429 g/mol. The van der Waals surface area contributed by atoms with E-state index < -0.39 is 0 Å². The molecule has 0 fully saturated rings. The average molecular weight is 430 g/mol. The van der Waals surface area contributed by atoms with E-state index >= 15 is 0 Å². The lowest BCUT2D eigenvalue weighted by atomic mass is 9.88. The molecule has 1 atom stereocenters. The van der Waals surface area contributed by atoms with Crippen LogP contribution in [0.25, 0.3) is 6.08 Å². The third-order valence-corrected chi connectivity index (χ3v) is 6.79. The Morgan fingerprint density at radius 3 is 3.00 bits per heavy atom. The average Bonchev–Trinajstić information content (AvgIpc) is 3.36. The van der Waals surface area contributed by atoms with Crippen molar-refractivity contribution in [3.63, 3.8) is 0 Å². The highest BCUT2D eigenvalue weighted by atomic mass is 32.1. The van der Waals surface area contributed by atoms with E-state index in [1.54, 1.807) is 24.5 Å². The van der Waals surface area contributed by atoms with E-state index in [0.717, 1.165) is 35.3 Å². The van der Waals surface area contributed by atoms with Gasteiger partial charge >= 0.3 is 6.09 Å². The van der Waals surface area contributed by atoms with Gasteiger partial charge in [-0.15, -0.1) is 11.3 Å². The van der Waals surface area contributed by atoms with Gasteiger partial charge in [-0.2, -0.15) is 16.6 Å². The Bertz CT molecular complexity index is 941. The number of anilines is 1. The molecule has 1 N–H and O–H groups in total. The number of amides is 2. The van der Waals surface area contributed by atoms with E-state index in [9.17, 15) is 14.9 Å². The fourth-order valence-corrected chi connectivity index (χ4v) is 5.07. The number of hydrogen-bond donors (Lipinski definition) is 1. The van der Waals surface area contributed by atoms with Crippen LogP contribution < -0.4 is 5.32 Å². The van der Waals surface area contributed by atoms with Crippen molar-refractivity contribution in [2.24, 2.45) is 5.92 Å². The van der Waals surface area contributed by atoms with E-state index in [2.05, 4.69) is 11.4 Å². The number of thiophene rings is 2. The Morgan fingerprint density at radius 2 is 2.31 bits per heavy atom. The molecule has 6 nitrogen and oxygen atoms in total. The number of nitriles is 1. The molecule has 0 radical (unpaired) electrons. The summed E-state index contributed by atoms with van der Waals surface area (Å²) in [7, 11) is 1.71. The number of ether oxygens (including phenoxy) is 1. The van der Waals surface area contributed by atoms with Crippen molar-refractivity contribution in [3.8, 4) is 6.07 Å². The standard InChI is InChI=1S/C21H23N3O3S2/c1-3-24(2)21(26)27-12-15-4-6-16-17(11-22)20(29-18(16)10-15)23-19(25)7-5-14-8-9-28-13-14/h5,7-9,13,15H,3-4,6,10,12H2,1-2H3,(H,23,25). The van der Waals surface area contributed by atoms with Crippen LogP contribution in [0.1, 0.15) is 34.9 Å². The Hall–Kier alpha value is -2.63. The van der Waals surface area contributed by atoms with E-state index in [4.69, 9.17) is 4.74 Å². The summed E-state index contributed by atoms with van der Waals surface area (Å²) in [4.78, 5) is 26.7. The number of fused-ring (bicyclic) bond motifs is 1. The zero-order chi connectivity index (χ0) is 20.8. The first-order valence-electron chi connectivity index (χ1n) is 9.45. The Kier molecular flexibility index (Phi) is 7.07. The highest BCUT2D eigenvalue weighted by Crippen LogP contribution is 2.39. The molecule has 29 heavy (non-hydrogen) atoms. The predicted octanol–water partition coefficient (Wildman–Crippen LogP) is 4.53. The minimum atomic E-state index is -0.312. The quantitative estimate of drug-likeness (QED) is 0.684. The zero-order valence-corrected chi connectivity index (χ0v) is 18.1. The van der Waals surface area contributed by atoms with Crippen LogP contribution >= 0.6 is 22.7 Å². The third-order valence-electron chi connectivity index (χ3n) is 4.91. The van der Waals surface area contributed by atoms with Gasteiger partial charge in [0.05, 0.1) is 12.2 Å². The van der Waals surface area contributed by atoms with Crippen molar-refractivity contribution in [1.29, 1.82) is 5.26 Å².